The van der Waals surface area contributed by atoms with Gasteiger partial charge in [-0.05, 0) is 205 Å². The second-order valence-corrected chi connectivity index (χ2v) is 37.9. The third-order valence-corrected chi connectivity index (χ3v) is 28.3. The number of furan rings is 4. The molecule has 10 heterocycles. The fourth-order valence-electron chi connectivity index (χ4n) is 20.8. The summed E-state index contributed by atoms with van der Waals surface area (Å²) in [4.78, 5) is 7.87. The Morgan fingerprint density at radius 1 is 0.222 bits per heavy atom. The lowest BCUT2D eigenvalue weighted by molar-refractivity contribution is 0.668. The molecule has 0 atom stereocenters. The Morgan fingerprint density at radius 2 is 0.500 bits per heavy atom. The zero-order chi connectivity index (χ0) is 95.7. The standard InChI is InChI=1S/C50H31N3O2.C26H17BrN2.C24H15NO2.C20H14N2.C6H4Br2.CH3I.CH4/c1-2-13-32(14-3-1)52-43-21-8-4-19-41(43)49-42-20-5-9-22-44(42)53(50(49)52)34-16-12-15-33(29-34)51(35-25-27-39-37-17-6-10-23-45(37)54-47(39)30-35)36-26-28-40-38-18-7-11-24-46(38)55-48(40)31-36;27-18-9-8-12-20(17-18)29-24-16-7-5-14-22(24)25-21-13-4-6-15-23(21)28(26(25)29)19-10-2-1-3-11-19;1-3-7-21-17(5-1)19-11-9-15(13-23(19)26-21)25-16-10-12-20-18-6-2-4-8-22(18)27-24(20)14-16;1-2-8-14(9-3-1)22-18-13-7-5-11-16(18)19-15-10-4-6-12-17(15)21-20(19)22;7-5-2-1-3-6(8)4-5;1-2;/h1-31H;1-17H;1-14,25H;1-13,21H;1-4H;1H3;1H4. The number of benzene rings is 20. The van der Waals surface area contributed by atoms with E-state index in [0.717, 1.165) is 169 Å². The number of nitrogens with zero attached hydrogens (tertiary/aromatic N) is 6. The summed E-state index contributed by atoms with van der Waals surface area (Å²) in [5, 5.41) is 23.8. The Balaban J connectivity index is 0.000000106. The maximum atomic E-state index is 6.44. The van der Waals surface area contributed by atoms with Gasteiger partial charge >= 0.3 is 0 Å². The lowest BCUT2D eigenvalue weighted by atomic mass is 10.1. The van der Waals surface area contributed by atoms with E-state index in [1.807, 2.05) is 102 Å². The van der Waals surface area contributed by atoms with Crippen molar-refractivity contribution in [3.63, 3.8) is 0 Å². The highest BCUT2D eigenvalue weighted by Gasteiger charge is 2.27. The number of rotatable bonds is 10. The Labute approximate surface area is 866 Å². The fraction of sp³-hybridized carbons (Fsp3) is 0.0156. The summed E-state index contributed by atoms with van der Waals surface area (Å²) in [6.07, 6.45) is 0. The highest BCUT2D eigenvalue weighted by Crippen LogP contribution is 2.48. The zero-order valence-electron chi connectivity index (χ0n) is 76.9. The molecule has 0 bridgehead atoms. The van der Waals surface area contributed by atoms with Gasteiger partial charge < -0.3 is 32.9 Å². The molecule has 2 N–H and O–H groups in total. The monoisotopic (exact) mass is 2160 g/mol. The summed E-state index contributed by atoms with van der Waals surface area (Å²) in [6, 6.07) is 167. The van der Waals surface area contributed by atoms with E-state index in [2.05, 4.69) is 491 Å². The Hall–Kier alpha value is -16.6. The number of nitrogens with one attached hydrogen (secondary N) is 2. The quantitative estimate of drug-likeness (QED) is 0.104. The van der Waals surface area contributed by atoms with E-state index >= 15 is 0 Å². The molecule has 0 unspecified atom stereocenters. The van der Waals surface area contributed by atoms with Crippen LogP contribution >= 0.6 is 70.4 Å². The number of hydrogen-bond donors (Lipinski definition) is 2. The third-order valence-electron chi connectivity index (χ3n) is 26.8. The lowest BCUT2D eigenvalue weighted by Crippen LogP contribution is -2.10. The molecule has 0 saturated carbocycles. The molecule has 692 valence electrons. The van der Waals surface area contributed by atoms with Crippen molar-refractivity contribution >= 4 is 285 Å². The lowest BCUT2D eigenvalue weighted by Gasteiger charge is -2.26. The number of fused-ring (bicyclic) bond motifs is 27. The second kappa shape index (κ2) is 38.4. The first-order chi connectivity index (χ1) is 70.7. The van der Waals surface area contributed by atoms with Crippen LogP contribution in [0.2, 0.25) is 0 Å². The van der Waals surface area contributed by atoms with Crippen molar-refractivity contribution in [1.29, 1.82) is 0 Å². The molecule has 0 spiro atoms. The SMILES string of the molecule is Brc1cccc(-n2c3ccccc3c3c4ccccc4n(-c4ccccc4)c32)c1.Brc1cccc(Br)c1.C.CI.c1ccc(-n2c3ccccc3c3c4ccccc4[nH]c32)cc1.c1ccc(-n2c3ccccc3c3c4ccccc4n(-c4cccc(N(c5ccc6c(c5)oc5ccccc56)c5ccc6c(c5)oc5ccccc56)c4)c32)cc1.c1ccc2c(c1)oc1cc(Nc3ccc4c(c3)oc3ccccc34)ccc12. The van der Waals surface area contributed by atoms with Crippen LogP contribution < -0.4 is 10.2 Å². The van der Waals surface area contributed by atoms with Gasteiger partial charge in [0.2, 0.25) is 0 Å². The molecule has 0 amide bonds. The number of aromatic nitrogens is 6. The summed E-state index contributed by atoms with van der Waals surface area (Å²) in [5.74, 6) is 0. The van der Waals surface area contributed by atoms with Crippen molar-refractivity contribution in [2.24, 2.45) is 0 Å². The molecule has 0 aliphatic rings. The molecule has 0 saturated heterocycles. The molecular weight excluding hydrogens is 2080 g/mol. The molecule has 0 aliphatic heterocycles. The fourth-order valence-corrected chi connectivity index (χ4v) is 22.3. The van der Waals surface area contributed by atoms with E-state index in [0.29, 0.717) is 0 Å². The van der Waals surface area contributed by atoms with Gasteiger partial charge in [0.25, 0.3) is 0 Å². The van der Waals surface area contributed by atoms with Gasteiger partial charge in [0.05, 0.1) is 27.6 Å². The molecule has 16 heteroatoms. The van der Waals surface area contributed by atoms with Crippen molar-refractivity contribution in [1.82, 2.24) is 27.8 Å². The van der Waals surface area contributed by atoms with Crippen LogP contribution in [-0.2, 0) is 0 Å². The van der Waals surface area contributed by atoms with E-state index in [1.165, 1.54) is 87.4 Å². The number of halogens is 4. The minimum Gasteiger partial charge on any atom is -0.456 e. The third kappa shape index (κ3) is 16.1. The molecule has 30 rings (SSSR count). The molecule has 30 aromatic rings. The minimum atomic E-state index is 0. The van der Waals surface area contributed by atoms with E-state index in [1.54, 1.807) is 0 Å². The average molecular weight is 2170 g/mol. The second-order valence-electron chi connectivity index (χ2n) is 35.1. The van der Waals surface area contributed by atoms with Gasteiger partial charge in [-0.2, -0.15) is 0 Å². The van der Waals surface area contributed by atoms with Crippen LogP contribution in [0.25, 0.3) is 215 Å². The van der Waals surface area contributed by atoms with Crippen molar-refractivity contribution in [3.8, 4) is 28.4 Å². The van der Waals surface area contributed by atoms with Gasteiger partial charge in [-0.15, -0.1) is 0 Å². The van der Waals surface area contributed by atoms with Gasteiger partial charge in [-0.25, -0.2) is 0 Å². The van der Waals surface area contributed by atoms with Crippen LogP contribution in [0.1, 0.15) is 7.43 Å². The summed E-state index contributed by atoms with van der Waals surface area (Å²) < 4.78 is 40.0. The average Bonchev–Trinajstić information content (AvgIpc) is 1.54. The first-order valence-corrected chi connectivity index (χ1v) is 51.8. The van der Waals surface area contributed by atoms with Gasteiger partial charge in [-0.3, -0.25) is 22.8 Å². The summed E-state index contributed by atoms with van der Waals surface area (Å²) in [7, 11) is 0. The van der Waals surface area contributed by atoms with Crippen molar-refractivity contribution in [2.75, 3.05) is 15.1 Å². The molecule has 12 nitrogen and oxygen atoms in total. The number of hydrogen-bond acceptors (Lipinski definition) is 6. The predicted molar refractivity (Wildman–Crippen MR) is 624 cm³/mol. The van der Waals surface area contributed by atoms with Crippen LogP contribution in [0.3, 0.4) is 0 Å². The summed E-state index contributed by atoms with van der Waals surface area (Å²) in [5.41, 5.74) is 28.3. The summed E-state index contributed by atoms with van der Waals surface area (Å²) >= 11 is 12.5. The number of alkyl halides is 1. The summed E-state index contributed by atoms with van der Waals surface area (Å²) in [6.45, 7) is 0. The number of aromatic amines is 1. The predicted octanol–water partition coefficient (Wildman–Crippen LogP) is 38.9. The van der Waals surface area contributed by atoms with Gasteiger partial charge in [0.15, 0.2) is 0 Å². The minimum absolute atomic E-state index is 0. The van der Waals surface area contributed by atoms with Crippen LogP contribution in [0.4, 0.5) is 28.4 Å². The van der Waals surface area contributed by atoms with Gasteiger partial charge in [-0.1, -0.05) is 333 Å². The van der Waals surface area contributed by atoms with E-state index in [9.17, 15) is 0 Å². The smallest absolute Gasteiger partial charge is 0.137 e. The number of para-hydroxylation sites is 13. The maximum absolute atomic E-state index is 6.44. The molecule has 0 radical (unpaired) electrons. The van der Waals surface area contributed by atoms with E-state index in [-0.39, 0.29) is 7.43 Å². The van der Waals surface area contributed by atoms with Crippen molar-refractivity contribution < 1.29 is 17.7 Å². The van der Waals surface area contributed by atoms with Crippen LogP contribution in [0, 0.1) is 0 Å². The highest BCUT2D eigenvalue weighted by atomic mass is 127. The topological polar surface area (TPSA) is 108 Å². The molecule has 144 heavy (non-hydrogen) atoms. The van der Waals surface area contributed by atoms with Gasteiger partial charge in [0, 0.05) is 192 Å². The first-order valence-electron chi connectivity index (χ1n) is 47.3. The van der Waals surface area contributed by atoms with Crippen LogP contribution in [0.5, 0.6) is 0 Å². The maximum Gasteiger partial charge on any atom is 0.137 e. The van der Waals surface area contributed by atoms with E-state index in [4.69, 9.17) is 17.7 Å². The molecule has 0 aliphatic carbocycles. The molecule has 0 fully saturated rings. The number of anilines is 5. The van der Waals surface area contributed by atoms with Crippen molar-refractivity contribution in [2.45, 2.75) is 7.43 Å². The van der Waals surface area contributed by atoms with Crippen LogP contribution in [-0.4, -0.2) is 32.7 Å². The van der Waals surface area contributed by atoms with E-state index < -0.39 is 0 Å². The first kappa shape index (κ1) is 90.0. The largest absolute Gasteiger partial charge is 0.456 e. The Bertz CT molecular complexity index is 9860. The Kier molecular flexibility index (Phi) is 24.0. The number of H-pyrrole nitrogens is 1. The Morgan fingerprint density at radius 3 is 0.889 bits per heavy atom. The highest BCUT2D eigenvalue weighted by molar-refractivity contribution is 14.1. The zero-order valence-corrected chi connectivity index (χ0v) is 83.9. The van der Waals surface area contributed by atoms with Crippen LogP contribution in [0.15, 0.2) is 510 Å². The molecule has 20 aromatic carbocycles. The molecular formula is C128H88Br3IN8O4. The van der Waals surface area contributed by atoms with Gasteiger partial charge in [0.1, 0.15) is 61.6 Å². The molecule has 10 aromatic heterocycles. The van der Waals surface area contributed by atoms with Crippen molar-refractivity contribution in [3.05, 3.63) is 493 Å². The normalized spacial score (nSPS) is 11.5.